The Kier molecular flexibility index (Phi) is 6.18. The van der Waals surface area contributed by atoms with Crippen LogP contribution >= 0.6 is 0 Å². The van der Waals surface area contributed by atoms with Gasteiger partial charge in [-0.2, -0.15) is 4.31 Å². The third kappa shape index (κ3) is 6.17. The van der Waals surface area contributed by atoms with Crippen LogP contribution in [-0.4, -0.2) is 71.9 Å². The van der Waals surface area contributed by atoms with Crippen LogP contribution in [0.4, 0.5) is 0 Å². The highest BCUT2D eigenvalue weighted by Gasteiger charge is 2.29. The van der Waals surface area contributed by atoms with Gasteiger partial charge in [-0.15, -0.1) is 0 Å². The van der Waals surface area contributed by atoms with Gasteiger partial charge in [0, 0.05) is 32.5 Å². The number of sulfone groups is 1. The average Bonchev–Trinajstić information content (AvgIpc) is 2.73. The average molecular weight is 314 g/mol. The lowest BCUT2D eigenvalue weighted by Gasteiger charge is -2.24. The maximum Gasteiger partial charge on any atom is 0.228 e. The van der Waals surface area contributed by atoms with E-state index in [1.165, 1.54) is 11.4 Å². The molecule has 114 valence electrons. The summed E-state index contributed by atoms with van der Waals surface area (Å²) in [6, 6.07) is 0.0891. The molecule has 0 aromatic heterocycles. The first kappa shape index (κ1) is 16.8. The van der Waals surface area contributed by atoms with Gasteiger partial charge in [0.05, 0.1) is 6.61 Å². The van der Waals surface area contributed by atoms with Gasteiger partial charge in [0.1, 0.15) is 0 Å². The van der Waals surface area contributed by atoms with Crippen molar-refractivity contribution < 1.29 is 21.6 Å². The number of nitrogens with zero attached hydrogens (tertiary/aromatic N) is 1. The Morgan fingerprint density at radius 3 is 2.47 bits per heavy atom. The Balaban J connectivity index is 2.76. The molecule has 19 heavy (non-hydrogen) atoms. The molecule has 0 aliphatic carbocycles. The van der Waals surface area contributed by atoms with E-state index in [1.54, 1.807) is 0 Å². The number of nitrogens with one attached hydrogen (secondary N) is 1. The maximum atomic E-state index is 12.1. The van der Waals surface area contributed by atoms with Gasteiger partial charge in [0.2, 0.25) is 10.0 Å². The fourth-order valence-electron chi connectivity index (χ4n) is 2.04. The monoisotopic (exact) mass is 314 g/mol. The number of ether oxygens (including phenoxy) is 1. The first-order chi connectivity index (χ1) is 8.74. The van der Waals surface area contributed by atoms with Crippen LogP contribution in [0.1, 0.15) is 12.8 Å². The molecule has 9 heteroatoms. The minimum atomic E-state index is -3.81. The van der Waals surface area contributed by atoms with Crippen LogP contribution in [0.3, 0.4) is 0 Å². The van der Waals surface area contributed by atoms with E-state index >= 15 is 0 Å². The minimum absolute atomic E-state index is 0.0891. The van der Waals surface area contributed by atoms with E-state index in [0.29, 0.717) is 6.54 Å². The van der Waals surface area contributed by atoms with E-state index in [1.807, 2.05) is 0 Å². The first-order valence-corrected chi connectivity index (χ1v) is 9.79. The minimum Gasteiger partial charge on any atom is -0.383 e. The normalized spacial score (nSPS) is 21.1. The van der Waals surface area contributed by atoms with E-state index in [2.05, 4.69) is 5.32 Å². The van der Waals surface area contributed by atoms with Gasteiger partial charge in [-0.25, -0.2) is 16.8 Å². The lowest BCUT2D eigenvalue weighted by atomic mass is 10.2. The molecule has 1 saturated heterocycles. The van der Waals surface area contributed by atoms with Crippen LogP contribution in [0.25, 0.3) is 0 Å². The third-order valence-corrected chi connectivity index (χ3v) is 6.91. The third-order valence-electron chi connectivity index (χ3n) is 2.89. The molecule has 1 unspecified atom stereocenters. The zero-order valence-electron chi connectivity index (χ0n) is 11.3. The summed E-state index contributed by atoms with van der Waals surface area (Å²) in [7, 11) is -5.91. The molecule has 1 N–H and O–H groups in total. The molecule has 0 bridgehead atoms. The van der Waals surface area contributed by atoms with Crippen molar-refractivity contribution in [3.63, 3.8) is 0 Å². The zero-order valence-corrected chi connectivity index (χ0v) is 13.0. The van der Waals surface area contributed by atoms with Gasteiger partial charge in [0.15, 0.2) is 14.9 Å². The molecule has 1 fully saturated rings. The van der Waals surface area contributed by atoms with Gasteiger partial charge in [0.25, 0.3) is 0 Å². The number of hydrogen-bond acceptors (Lipinski definition) is 6. The van der Waals surface area contributed by atoms with Crippen molar-refractivity contribution >= 4 is 19.9 Å². The van der Waals surface area contributed by atoms with Gasteiger partial charge >= 0.3 is 0 Å². The summed E-state index contributed by atoms with van der Waals surface area (Å²) in [4.78, 5) is 0. The van der Waals surface area contributed by atoms with Crippen molar-refractivity contribution in [1.29, 1.82) is 0 Å². The van der Waals surface area contributed by atoms with Crippen molar-refractivity contribution in [2.24, 2.45) is 0 Å². The summed E-state index contributed by atoms with van der Waals surface area (Å²) >= 11 is 0. The molecule has 1 aliphatic rings. The Labute approximate surface area is 115 Å². The largest absolute Gasteiger partial charge is 0.383 e. The van der Waals surface area contributed by atoms with Gasteiger partial charge in [-0.3, -0.25) is 0 Å². The smallest absolute Gasteiger partial charge is 0.228 e. The highest BCUT2D eigenvalue weighted by atomic mass is 32.3. The standard InChI is InChI=1S/C10H22N2O5S2/c1-17-7-6-12(8-10-4-3-5-11-10)19(15,16)9-18(2,13)14/h10-11H,3-9H2,1-2H3. The van der Waals surface area contributed by atoms with E-state index in [9.17, 15) is 16.8 Å². The predicted molar refractivity (Wildman–Crippen MR) is 73.1 cm³/mol. The number of sulfonamides is 1. The fraction of sp³-hybridized carbons (Fsp3) is 1.00. The molecule has 0 spiro atoms. The summed E-state index contributed by atoms with van der Waals surface area (Å²) in [5, 5.41) is 2.35. The first-order valence-electron chi connectivity index (χ1n) is 6.12. The Morgan fingerprint density at radius 2 is 2.00 bits per heavy atom. The topological polar surface area (TPSA) is 92.8 Å². The van der Waals surface area contributed by atoms with Gasteiger partial charge < -0.3 is 10.1 Å². The summed E-state index contributed by atoms with van der Waals surface area (Å²) in [5.74, 6) is 0. The highest BCUT2D eigenvalue weighted by Crippen LogP contribution is 2.11. The predicted octanol–water partition coefficient (Wildman–Crippen LogP) is -0.981. The van der Waals surface area contributed by atoms with Crippen molar-refractivity contribution in [3.05, 3.63) is 0 Å². The molecule has 1 aliphatic heterocycles. The van der Waals surface area contributed by atoms with E-state index in [-0.39, 0.29) is 19.2 Å². The summed E-state index contributed by atoms with van der Waals surface area (Å²) in [6.45, 7) is 1.58. The second-order valence-corrected chi connectivity index (χ2v) is 9.27. The maximum absolute atomic E-state index is 12.1. The SMILES string of the molecule is COCCN(CC1CCCN1)S(=O)(=O)CS(C)(=O)=O. The molecule has 1 heterocycles. The number of rotatable bonds is 8. The van der Waals surface area contributed by atoms with Crippen LogP contribution in [0.15, 0.2) is 0 Å². The zero-order chi connectivity index (χ0) is 14.5. The summed E-state index contributed by atoms with van der Waals surface area (Å²) in [5.41, 5.74) is 0. The van der Waals surface area contributed by atoms with Crippen molar-refractivity contribution in [1.82, 2.24) is 9.62 Å². The Hall–Kier alpha value is -0.220. The van der Waals surface area contributed by atoms with Crippen molar-refractivity contribution in [2.75, 3.05) is 44.7 Å². The Morgan fingerprint density at radius 1 is 1.32 bits per heavy atom. The van der Waals surface area contributed by atoms with Gasteiger partial charge in [-0.1, -0.05) is 0 Å². The van der Waals surface area contributed by atoms with Crippen LogP contribution < -0.4 is 5.32 Å². The van der Waals surface area contributed by atoms with E-state index in [4.69, 9.17) is 4.74 Å². The molecule has 0 saturated carbocycles. The van der Waals surface area contributed by atoms with Crippen LogP contribution in [-0.2, 0) is 24.6 Å². The lowest BCUT2D eigenvalue weighted by molar-refractivity contribution is 0.176. The quantitative estimate of drug-likeness (QED) is 0.619. The molecular formula is C10H22N2O5S2. The van der Waals surface area contributed by atoms with Crippen LogP contribution in [0.5, 0.6) is 0 Å². The van der Waals surface area contributed by atoms with Crippen LogP contribution in [0.2, 0.25) is 0 Å². The molecular weight excluding hydrogens is 292 g/mol. The molecule has 0 radical (unpaired) electrons. The van der Waals surface area contributed by atoms with Gasteiger partial charge in [-0.05, 0) is 19.4 Å². The lowest BCUT2D eigenvalue weighted by Crippen LogP contribution is -2.44. The molecule has 0 aromatic rings. The Bertz CT molecular complexity index is 468. The van der Waals surface area contributed by atoms with Crippen molar-refractivity contribution in [3.8, 4) is 0 Å². The molecule has 7 nitrogen and oxygen atoms in total. The summed E-state index contributed by atoms with van der Waals surface area (Å²) in [6.07, 6.45) is 2.83. The molecule has 1 rings (SSSR count). The molecule has 0 aromatic carbocycles. The second-order valence-electron chi connectivity index (χ2n) is 4.80. The highest BCUT2D eigenvalue weighted by molar-refractivity contribution is 8.06. The molecule has 1 atom stereocenters. The molecule has 0 amide bonds. The van der Waals surface area contributed by atoms with Crippen molar-refractivity contribution in [2.45, 2.75) is 18.9 Å². The van der Waals surface area contributed by atoms with E-state index < -0.39 is 24.9 Å². The second kappa shape index (κ2) is 6.98. The van der Waals surface area contributed by atoms with E-state index in [0.717, 1.165) is 25.6 Å². The fourth-order valence-corrected chi connectivity index (χ4v) is 5.56. The van der Waals surface area contributed by atoms with Crippen LogP contribution in [0, 0.1) is 0 Å². The number of hydrogen-bond donors (Lipinski definition) is 1. The summed E-state index contributed by atoms with van der Waals surface area (Å²) < 4.78 is 52.7. The number of methoxy groups -OCH3 is 1.